The first-order valence-corrected chi connectivity index (χ1v) is 4.30. The fourth-order valence-corrected chi connectivity index (χ4v) is 1.44. The maximum absolute atomic E-state index is 8.61. The molecule has 0 unspecified atom stereocenters. The lowest BCUT2D eigenvalue weighted by molar-refractivity contribution is -0.0288. The highest BCUT2D eigenvalue weighted by atomic mass is 14.9. The summed E-state index contributed by atoms with van der Waals surface area (Å²) in [5.74, 6) is 0. The molecule has 0 aromatic heterocycles. The Hall–Kier alpha value is -1.24. The van der Waals surface area contributed by atoms with Gasteiger partial charge < -0.3 is 11.1 Å². The predicted molar refractivity (Wildman–Crippen MR) is 45.0 cm³/mol. The van der Waals surface area contributed by atoms with Gasteiger partial charge in [0.25, 0.3) is 0 Å². The summed E-state index contributed by atoms with van der Waals surface area (Å²) in [6, 6.07) is 0. The molecule has 4 heteroatoms. The molecule has 4 nitrogen and oxygen atoms in total. The van der Waals surface area contributed by atoms with E-state index in [1.165, 1.54) is 0 Å². The molecule has 12 heavy (non-hydrogen) atoms. The van der Waals surface area contributed by atoms with Crippen molar-refractivity contribution in [1.29, 1.82) is 0 Å². The van der Waals surface area contributed by atoms with E-state index >= 15 is 0 Å². The smallest absolute Gasteiger partial charge is 0.361 e. The summed E-state index contributed by atoms with van der Waals surface area (Å²) >= 11 is 0. The van der Waals surface area contributed by atoms with Crippen molar-refractivity contribution >= 4 is 11.4 Å². The molecule has 0 aromatic carbocycles. The van der Waals surface area contributed by atoms with Gasteiger partial charge in [-0.15, -0.1) is 0 Å². The number of hydrogen-bond donors (Lipinski definition) is 0. The zero-order valence-corrected chi connectivity index (χ0v) is 7.03. The van der Waals surface area contributed by atoms with E-state index in [9.17, 15) is 0 Å². The first kappa shape index (κ1) is 8.85. The SMILES string of the molecule is [N-]=[N+]=C1CCCCCCC1=[N+]=[N-]. The fourth-order valence-electron chi connectivity index (χ4n) is 1.44. The van der Waals surface area contributed by atoms with Crippen LogP contribution in [0.2, 0.25) is 0 Å². The summed E-state index contributed by atoms with van der Waals surface area (Å²) in [6.45, 7) is 0. The maximum atomic E-state index is 8.61. The zero-order valence-electron chi connectivity index (χ0n) is 7.03. The van der Waals surface area contributed by atoms with Crippen LogP contribution in [0.25, 0.3) is 11.1 Å². The normalized spacial score (nSPS) is 19.0. The van der Waals surface area contributed by atoms with Crippen molar-refractivity contribution in [3.05, 3.63) is 11.1 Å². The van der Waals surface area contributed by atoms with Gasteiger partial charge in [0.15, 0.2) is 0 Å². The molecule has 0 radical (unpaired) electrons. The molecule has 1 aliphatic carbocycles. The number of hydrogen-bond acceptors (Lipinski definition) is 0. The van der Waals surface area contributed by atoms with E-state index in [0.717, 1.165) is 38.5 Å². The van der Waals surface area contributed by atoms with Crippen molar-refractivity contribution in [2.24, 2.45) is 0 Å². The minimum absolute atomic E-state index is 0.539. The Labute approximate surface area is 71.5 Å². The van der Waals surface area contributed by atoms with Gasteiger partial charge in [-0.3, -0.25) is 0 Å². The van der Waals surface area contributed by atoms with Crippen molar-refractivity contribution in [3.8, 4) is 0 Å². The van der Waals surface area contributed by atoms with Crippen LogP contribution in [0.15, 0.2) is 0 Å². The summed E-state index contributed by atoms with van der Waals surface area (Å²) < 4.78 is 0. The molecule has 0 spiro atoms. The molecule has 1 rings (SSSR count). The summed E-state index contributed by atoms with van der Waals surface area (Å²) in [4.78, 5) is 6.25. The van der Waals surface area contributed by atoms with Crippen LogP contribution in [0.1, 0.15) is 38.5 Å². The average molecular weight is 164 g/mol. The lowest BCUT2D eigenvalue weighted by Crippen LogP contribution is -2.18. The largest absolute Gasteiger partial charge is 0.375 e. The van der Waals surface area contributed by atoms with E-state index in [2.05, 4.69) is 9.58 Å². The molecule has 1 aliphatic rings. The topological polar surface area (TPSA) is 72.8 Å². The Morgan fingerprint density at radius 2 is 1.17 bits per heavy atom. The summed E-state index contributed by atoms with van der Waals surface area (Å²) in [5.41, 5.74) is 18.3. The molecule has 1 fully saturated rings. The van der Waals surface area contributed by atoms with Crippen molar-refractivity contribution in [2.45, 2.75) is 38.5 Å². The van der Waals surface area contributed by atoms with Crippen LogP contribution in [0, 0.1) is 0 Å². The Morgan fingerprint density at radius 3 is 1.50 bits per heavy atom. The van der Waals surface area contributed by atoms with E-state index in [4.69, 9.17) is 11.1 Å². The molecular weight excluding hydrogens is 152 g/mol. The van der Waals surface area contributed by atoms with Gasteiger partial charge in [-0.25, -0.2) is 0 Å². The van der Waals surface area contributed by atoms with Crippen LogP contribution in [0.4, 0.5) is 0 Å². The first-order valence-electron chi connectivity index (χ1n) is 4.30. The van der Waals surface area contributed by atoms with E-state index in [-0.39, 0.29) is 0 Å². The Kier molecular flexibility index (Phi) is 3.39. The van der Waals surface area contributed by atoms with Crippen LogP contribution >= 0.6 is 0 Å². The third-order valence-corrected chi connectivity index (χ3v) is 2.15. The van der Waals surface area contributed by atoms with Crippen LogP contribution in [0.5, 0.6) is 0 Å². The molecule has 64 valence electrons. The second-order valence-electron chi connectivity index (χ2n) is 3.01. The van der Waals surface area contributed by atoms with Crippen LogP contribution < -0.4 is 0 Å². The van der Waals surface area contributed by atoms with Gasteiger partial charge in [0.2, 0.25) is 0 Å². The van der Waals surface area contributed by atoms with Gasteiger partial charge in [0.1, 0.15) is 0 Å². The molecule has 1 saturated carbocycles. The first-order chi connectivity index (χ1) is 5.88. The van der Waals surface area contributed by atoms with E-state index in [0.29, 0.717) is 11.4 Å². The van der Waals surface area contributed by atoms with Gasteiger partial charge in [0.05, 0.1) is 12.8 Å². The summed E-state index contributed by atoms with van der Waals surface area (Å²) in [5, 5.41) is 0. The minimum atomic E-state index is 0.539. The molecule has 0 N–H and O–H groups in total. The zero-order chi connectivity index (χ0) is 8.81. The number of nitrogens with zero attached hydrogens (tertiary/aromatic N) is 4. The lowest BCUT2D eigenvalue weighted by atomic mass is 9.98. The summed E-state index contributed by atoms with van der Waals surface area (Å²) in [7, 11) is 0. The quantitative estimate of drug-likeness (QED) is 0.386. The molecule has 0 heterocycles. The Bertz CT molecular complexity index is 228. The second-order valence-corrected chi connectivity index (χ2v) is 3.01. The van der Waals surface area contributed by atoms with Gasteiger partial charge in [-0.2, -0.15) is 9.58 Å². The molecule has 0 aromatic rings. The predicted octanol–water partition coefficient (Wildman–Crippen LogP) is 1.68. The van der Waals surface area contributed by atoms with Crippen molar-refractivity contribution in [2.75, 3.05) is 0 Å². The van der Waals surface area contributed by atoms with E-state index < -0.39 is 0 Å². The highest BCUT2D eigenvalue weighted by molar-refractivity contribution is 6.37. The van der Waals surface area contributed by atoms with Gasteiger partial charge in [-0.05, 0) is 12.8 Å². The van der Waals surface area contributed by atoms with Crippen molar-refractivity contribution in [1.82, 2.24) is 0 Å². The Morgan fingerprint density at radius 1 is 0.750 bits per heavy atom. The third kappa shape index (κ3) is 2.12. The average Bonchev–Trinajstić information content (AvgIpc) is 2.05. The minimum Gasteiger partial charge on any atom is -0.361 e. The molecule has 0 aliphatic heterocycles. The van der Waals surface area contributed by atoms with Crippen molar-refractivity contribution < 1.29 is 9.58 Å². The standard InChI is InChI=1S/C8H12N4/c9-11-7-5-3-1-2-4-6-8(7)12-10/h1-6H2. The van der Waals surface area contributed by atoms with Gasteiger partial charge >= 0.3 is 11.4 Å². The highest BCUT2D eigenvalue weighted by Crippen LogP contribution is 2.11. The molecule has 0 saturated heterocycles. The van der Waals surface area contributed by atoms with E-state index in [1.807, 2.05) is 0 Å². The monoisotopic (exact) mass is 164 g/mol. The van der Waals surface area contributed by atoms with Gasteiger partial charge in [0, 0.05) is 0 Å². The highest BCUT2D eigenvalue weighted by Gasteiger charge is 2.26. The number of rotatable bonds is 0. The molecule has 0 amide bonds. The lowest BCUT2D eigenvalue weighted by Gasteiger charge is -2.00. The van der Waals surface area contributed by atoms with Crippen LogP contribution in [0.3, 0.4) is 0 Å². The maximum Gasteiger partial charge on any atom is 0.375 e. The van der Waals surface area contributed by atoms with Gasteiger partial charge in [-0.1, -0.05) is 12.8 Å². The van der Waals surface area contributed by atoms with Crippen LogP contribution in [-0.2, 0) is 0 Å². The fraction of sp³-hybridized carbons (Fsp3) is 0.750. The Balaban J connectivity index is 2.79. The molecule has 0 atom stereocenters. The molecule has 0 bridgehead atoms. The third-order valence-electron chi connectivity index (χ3n) is 2.15. The van der Waals surface area contributed by atoms with Crippen LogP contribution in [-0.4, -0.2) is 21.0 Å². The summed E-state index contributed by atoms with van der Waals surface area (Å²) in [6.07, 6.45) is 5.79. The molecular formula is C8H12N4. The second kappa shape index (κ2) is 4.60. The van der Waals surface area contributed by atoms with E-state index in [1.54, 1.807) is 0 Å². The van der Waals surface area contributed by atoms with Crippen molar-refractivity contribution in [3.63, 3.8) is 0 Å².